The zero-order chi connectivity index (χ0) is 18.1. The Morgan fingerprint density at radius 2 is 2.12 bits per heavy atom. The van der Waals surface area contributed by atoms with E-state index in [-0.39, 0.29) is 24.1 Å². The van der Waals surface area contributed by atoms with E-state index in [1.54, 1.807) is 13.2 Å². The number of hydrogen-bond donors (Lipinski definition) is 1. The van der Waals surface area contributed by atoms with E-state index >= 15 is 0 Å². The number of thiophene rings is 1. The van der Waals surface area contributed by atoms with E-state index in [1.165, 1.54) is 22.2 Å². The maximum Gasteiger partial charge on any atom is 0.262 e. The summed E-state index contributed by atoms with van der Waals surface area (Å²) in [5, 5.41) is 5.47. The first-order valence-electron chi connectivity index (χ1n) is 8.51. The number of amides is 1. The zero-order valence-corrected chi connectivity index (χ0v) is 15.2. The molecule has 1 amide bonds. The van der Waals surface area contributed by atoms with Crippen LogP contribution in [0.2, 0.25) is 0 Å². The second-order valence-electron chi connectivity index (χ2n) is 6.47. The van der Waals surface area contributed by atoms with Gasteiger partial charge in [0.2, 0.25) is 5.91 Å². The fourth-order valence-electron chi connectivity index (χ4n) is 3.09. The van der Waals surface area contributed by atoms with Gasteiger partial charge in [-0.15, -0.1) is 11.3 Å². The quantitative estimate of drug-likeness (QED) is 0.725. The van der Waals surface area contributed by atoms with Crippen LogP contribution < -0.4 is 15.6 Å². The number of benzene rings is 1. The summed E-state index contributed by atoms with van der Waals surface area (Å²) in [6.45, 7) is -0.0308. The van der Waals surface area contributed by atoms with E-state index < -0.39 is 0 Å². The number of aromatic nitrogens is 2. The van der Waals surface area contributed by atoms with Gasteiger partial charge in [-0.3, -0.25) is 14.2 Å². The van der Waals surface area contributed by atoms with Gasteiger partial charge in [0.05, 0.1) is 24.9 Å². The summed E-state index contributed by atoms with van der Waals surface area (Å²) in [4.78, 5) is 29.9. The minimum absolute atomic E-state index is 0.0308. The molecule has 4 rings (SSSR count). The predicted octanol–water partition coefficient (Wildman–Crippen LogP) is 2.73. The van der Waals surface area contributed by atoms with Gasteiger partial charge < -0.3 is 10.1 Å². The van der Waals surface area contributed by atoms with Crippen LogP contribution >= 0.6 is 11.3 Å². The third kappa shape index (κ3) is 3.35. The number of hydrogen-bond acceptors (Lipinski definition) is 5. The van der Waals surface area contributed by atoms with E-state index in [9.17, 15) is 9.59 Å². The van der Waals surface area contributed by atoms with Gasteiger partial charge in [-0.25, -0.2) is 4.98 Å². The minimum atomic E-state index is -0.184. The van der Waals surface area contributed by atoms with Crippen molar-refractivity contribution in [1.29, 1.82) is 0 Å². The molecule has 1 aliphatic rings. The lowest BCUT2D eigenvalue weighted by Crippen LogP contribution is -2.35. The Balaban J connectivity index is 1.51. The van der Waals surface area contributed by atoms with Crippen LogP contribution in [0.1, 0.15) is 24.4 Å². The highest BCUT2D eigenvalue weighted by molar-refractivity contribution is 7.16. The second kappa shape index (κ2) is 6.92. The molecule has 0 unspecified atom stereocenters. The third-order valence-corrected chi connectivity index (χ3v) is 5.47. The van der Waals surface area contributed by atoms with Gasteiger partial charge in [0, 0.05) is 0 Å². The molecule has 6 nitrogen and oxygen atoms in total. The van der Waals surface area contributed by atoms with E-state index in [2.05, 4.69) is 10.3 Å². The van der Waals surface area contributed by atoms with Crippen LogP contribution in [0, 0.1) is 5.92 Å². The molecule has 0 bridgehead atoms. The van der Waals surface area contributed by atoms with Crippen LogP contribution in [0.15, 0.2) is 46.8 Å². The van der Waals surface area contributed by atoms with Gasteiger partial charge in [-0.2, -0.15) is 0 Å². The molecule has 1 saturated carbocycles. The monoisotopic (exact) mass is 369 g/mol. The molecule has 1 aliphatic carbocycles. The highest BCUT2D eigenvalue weighted by Crippen LogP contribution is 2.41. The zero-order valence-electron chi connectivity index (χ0n) is 14.3. The Labute approximate surface area is 154 Å². The number of ether oxygens (including phenoxy) is 1. The summed E-state index contributed by atoms with van der Waals surface area (Å²) in [5.41, 5.74) is 0.874. The Bertz CT molecular complexity index is 989. The normalized spacial score (nSPS) is 15.0. The number of nitrogens with one attached hydrogen (secondary N) is 1. The average molecular weight is 369 g/mol. The van der Waals surface area contributed by atoms with Crippen molar-refractivity contribution in [2.24, 2.45) is 5.92 Å². The molecule has 2 aromatic heterocycles. The van der Waals surface area contributed by atoms with Gasteiger partial charge in [-0.1, -0.05) is 12.1 Å². The number of fused-ring (bicyclic) bond motifs is 1. The lowest BCUT2D eigenvalue weighted by molar-refractivity contribution is -0.122. The Morgan fingerprint density at radius 3 is 2.81 bits per heavy atom. The summed E-state index contributed by atoms with van der Waals surface area (Å²) in [5.74, 6) is 1.05. The topological polar surface area (TPSA) is 73.2 Å². The van der Waals surface area contributed by atoms with Gasteiger partial charge in [0.15, 0.2) is 0 Å². The first-order chi connectivity index (χ1) is 12.7. The van der Waals surface area contributed by atoms with Crippen molar-refractivity contribution in [3.05, 3.63) is 58.0 Å². The standard InChI is InChI=1S/C19H19N3O3S/c1-25-14-6-4-13(5-7-14)17(12-2-3-12)21-16(23)10-22-11-20-18-15(19(22)24)8-9-26-18/h4-9,11-12,17H,2-3,10H2,1H3,(H,21,23)/t17-/m0/s1. The largest absolute Gasteiger partial charge is 0.497 e. The summed E-state index contributed by atoms with van der Waals surface area (Å²) in [6.07, 6.45) is 3.64. The molecule has 1 N–H and O–H groups in total. The lowest BCUT2D eigenvalue weighted by Gasteiger charge is -2.19. The molecule has 26 heavy (non-hydrogen) atoms. The Kier molecular flexibility index (Phi) is 4.46. The maximum absolute atomic E-state index is 12.6. The third-order valence-electron chi connectivity index (χ3n) is 4.65. The maximum atomic E-state index is 12.6. The van der Waals surface area contributed by atoms with Gasteiger partial charge in [0.25, 0.3) is 5.56 Å². The van der Waals surface area contributed by atoms with Crippen molar-refractivity contribution in [3.63, 3.8) is 0 Å². The molecule has 1 aromatic carbocycles. The number of rotatable bonds is 6. The van der Waals surface area contributed by atoms with Crippen LogP contribution in [-0.4, -0.2) is 22.6 Å². The van der Waals surface area contributed by atoms with Gasteiger partial charge in [0.1, 0.15) is 17.1 Å². The second-order valence-corrected chi connectivity index (χ2v) is 7.37. The highest BCUT2D eigenvalue weighted by Gasteiger charge is 2.33. The van der Waals surface area contributed by atoms with Crippen LogP contribution in [0.3, 0.4) is 0 Å². The first kappa shape index (κ1) is 16.8. The van der Waals surface area contributed by atoms with Crippen molar-refractivity contribution in [2.75, 3.05) is 7.11 Å². The van der Waals surface area contributed by atoms with E-state index in [0.717, 1.165) is 24.2 Å². The van der Waals surface area contributed by atoms with Gasteiger partial charge in [-0.05, 0) is 47.9 Å². The van der Waals surface area contributed by atoms with E-state index in [1.807, 2.05) is 29.6 Å². The van der Waals surface area contributed by atoms with Crippen molar-refractivity contribution in [1.82, 2.24) is 14.9 Å². The molecule has 1 atom stereocenters. The van der Waals surface area contributed by atoms with Crippen molar-refractivity contribution in [3.8, 4) is 5.75 Å². The molecule has 0 spiro atoms. The molecule has 0 aliphatic heterocycles. The number of nitrogens with zero attached hydrogens (tertiary/aromatic N) is 2. The van der Waals surface area contributed by atoms with Crippen LogP contribution in [0.4, 0.5) is 0 Å². The van der Waals surface area contributed by atoms with Gasteiger partial charge >= 0.3 is 0 Å². The Morgan fingerprint density at radius 1 is 1.35 bits per heavy atom. The van der Waals surface area contributed by atoms with Crippen LogP contribution in [0.5, 0.6) is 5.75 Å². The summed E-state index contributed by atoms with van der Waals surface area (Å²) < 4.78 is 6.56. The molecule has 2 heterocycles. The summed E-state index contributed by atoms with van der Waals surface area (Å²) in [7, 11) is 1.63. The molecular formula is C19H19N3O3S. The summed E-state index contributed by atoms with van der Waals surface area (Å²) >= 11 is 1.42. The molecule has 1 fully saturated rings. The number of carbonyl (C=O) groups is 1. The fourth-order valence-corrected chi connectivity index (χ4v) is 3.82. The molecule has 134 valence electrons. The molecule has 0 radical (unpaired) electrons. The first-order valence-corrected chi connectivity index (χ1v) is 9.39. The average Bonchev–Trinajstić information content (AvgIpc) is 3.38. The lowest BCUT2D eigenvalue weighted by atomic mass is 10.0. The number of methoxy groups -OCH3 is 1. The smallest absolute Gasteiger partial charge is 0.262 e. The Hall–Kier alpha value is -2.67. The van der Waals surface area contributed by atoms with Crippen LogP contribution in [-0.2, 0) is 11.3 Å². The predicted molar refractivity (Wildman–Crippen MR) is 100 cm³/mol. The van der Waals surface area contributed by atoms with Crippen molar-refractivity contribution < 1.29 is 9.53 Å². The van der Waals surface area contributed by atoms with Crippen molar-refractivity contribution >= 4 is 27.5 Å². The molecule has 7 heteroatoms. The molecular weight excluding hydrogens is 350 g/mol. The van der Waals surface area contributed by atoms with Crippen LogP contribution in [0.25, 0.3) is 10.2 Å². The minimum Gasteiger partial charge on any atom is -0.497 e. The SMILES string of the molecule is COc1ccc([C@@H](NC(=O)Cn2cnc3sccc3c2=O)C2CC2)cc1. The van der Waals surface area contributed by atoms with E-state index in [0.29, 0.717) is 16.1 Å². The van der Waals surface area contributed by atoms with Crippen molar-refractivity contribution in [2.45, 2.75) is 25.4 Å². The fraction of sp³-hybridized carbons (Fsp3) is 0.316. The number of carbonyl (C=O) groups excluding carboxylic acids is 1. The molecule has 0 saturated heterocycles. The highest BCUT2D eigenvalue weighted by atomic mass is 32.1. The van der Waals surface area contributed by atoms with E-state index in [4.69, 9.17) is 4.74 Å². The summed E-state index contributed by atoms with van der Waals surface area (Å²) in [6, 6.07) is 9.46. The molecule has 3 aromatic rings.